The third kappa shape index (κ3) is 4.03. The summed E-state index contributed by atoms with van der Waals surface area (Å²) < 4.78 is 0. The van der Waals surface area contributed by atoms with Crippen molar-refractivity contribution < 1.29 is 14.4 Å². The van der Waals surface area contributed by atoms with Gasteiger partial charge in [-0.25, -0.2) is 0 Å². The van der Waals surface area contributed by atoms with Gasteiger partial charge in [-0.05, 0) is 61.3 Å². The van der Waals surface area contributed by atoms with E-state index in [2.05, 4.69) is 15.1 Å². The monoisotopic (exact) mass is 438 g/mol. The average Bonchev–Trinajstić information content (AvgIpc) is 3.39. The van der Waals surface area contributed by atoms with Crippen LogP contribution in [0.5, 0.6) is 0 Å². The number of fused-ring (bicyclic) bond motifs is 2. The summed E-state index contributed by atoms with van der Waals surface area (Å²) in [4.78, 5) is 43.9. The number of rotatable bonds is 4. The Balaban J connectivity index is 1.16. The molecule has 172 valence electrons. The molecule has 7 heteroatoms. The normalized spacial score (nSPS) is 26.2. The van der Waals surface area contributed by atoms with Crippen molar-refractivity contribution in [2.45, 2.75) is 51.0 Å². The second kappa shape index (κ2) is 8.85. The summed E-state index contributed by atoms with van der Waals surface area (Å²) in [6.45, 7) is 4.10. The molecular formula is C25H34N4O3. The summed E-state index contributed by atoms with van der Waals surface area (Å²) in [5.41, 5.74) is 2.47. The topological polar surface area (TPSA) is 73.0 Å². The van der Waals surface area contributed by atoms with E-state index in [0.29, 0.717) is 18.5 Å². The van der Waals surface area contributed by atoms with Gasteiger partial charge in [-0.2, -0.15) is 0 Å². The molecule has 1 aromatic carbocycles. The number of carbonyl (C=O) groups excluding carboxylic acids is 3. The van der Waals surface area contributed by atoms with Crippen molar-refractivity contribution in [3.63, 3.8) is 0 Å². The molecule has 0 bridgehead atoms. The first kappa shape index (κ1) is 21.4. The van der Waals surface area contributed by atoms with Gasteiger partial charge in [-0.3, -0.25) is 19.3 Å². The van der Waals surface area contributed by atoms with Crippen molar-refractivity contribution >= 4 is 23.4 Å². The summed E-state index contributed by atoms with van der Waals surface area (Å²) >= 11 is 0. The molecule has 1 aromatic rings. The molecule has 2 atom stereocenters. The number of piperidine rings is 1. The van der Waals surface area contributed by atoms with Gasteiger partial charge in [0.2, 0.25) is 11.8 Å². The van der Waals surface area contributed by atoms with Gasteiger partial charge in [0.1, 0.15) is 0 Å². The van der Waals surface area contributed by atoms with Crippen molar-refractivity contribution in [2.75, 3.05) is 44.7 Å². The first-order valence-corrected chi connectivity index (χ1v) is 12.2. The predicted molar refractivity (Wildman–Crippen MR) is 123 cm³/mol. The second-order valence-corrected chi connectivity index (χ2v) is 9.97. The Kier molecular flexibility index (Phi) is 5.93. The Bertz CT molecular complexity index is 894. The van der Waals surface area contributed by atoms with Crippen LogP contribution in [0, 0.1) is 11.8 Å². The number of likely N-dealkylation sites (tertiary alicyclic amines) is 2. The van der Waals surface area contributed by atoms with Gasteiger partial charge in [0, 0.05) is 50.5 Å². The van der Waals surface area contributed by atoms with Crippen molar-refractivity contribution in [1.82, 2.24) is 15.1 Å². The molecule has 3 fully saturated rings. The SMILES string of the molecule is CNC(=O)c1ccc2c(c1)CC(=O)N2C1CCN(CC(=O)N2CC3CCCCC3C2)CC1. The predicted octanol–water partition coefficient (Wildman–Crippen LogP) is 2.05. The van der Waals surface area contributed by atoms with Crippen molar-refractivity contribution in [3.8, 4) is 0 Å². The van der Waals surface area contributed by atoms with Crippen LogP contribution in [0.15, 0.2) is 18.2 Å². The molecule has 5 rings (SSSR count). The molecule has 3 heterocycles. The van der Waals surface area contributed by atoms with Gasteiger partial charge < -0.3 is 15.1 Å². The first-order chi connectivity index (χ1) is 15.5. The van der Waals surface area contributed by atoms with E-state index < -0.39 is 0 Å². The summed E-state index contributed by atoms with van der Waals surface area (Å²) in [6.07, 6.45) is 7.33. The summed E-state index contributed by atoms with van der Waals surface area (Å²) in [7, 11) is 1.61. The Morgan fingerprint density at radius 2 is 1.72 bits per heavy atom. The summed E-state index contributed by atoms with van der Waals surface area (Å²) in [6, 6.07) is 5.71. The Morgan fingerprint density at radius 1 is 1.03 bits per heavy atom. The number of benzene rings is 1. The van der Waals surface area contributed by atoms with Gasteiger partial charge in [-0.15, -0.1) is 0 Å². The molecule has 0 spiro atoms. The fraction of sp³-hybridized carbons (Fsp3) is 0.640. The molecule has 0 radical (unpaired) electrons. The molecule has 2 saturated heterocycles. The molecule has 1 aliphatic carbocycles. The van der Waals surface area contributed by atoms with Gasteiger partial charge in [-0.1, -0.05) is 12.8 Å². The van der Waals surface area contributed by atoms with Crippen LogP contribution >= 0.6 is 0 Å². The van der Waals surface area contributed by atoms with E-state index in [1.165, 1.54) is 25.7 Å². The molecule has 0 aromatic heterocycles. The standard InChI is InChI=1S/C25H34N4O3/c1-26-25(32)17-6-7-22-20(12-17)13-23(30)29(22)21-8-10-27(11-9-21)16-24(31)28-14-18-4-2-3-5-19(18)15-28/h6-7,12,18-19,21H,2-5,8-11,13-16H2,1H3,(H,26,32). The maximum Gasteiger partial charge on any atom is 0.251 e. The number of hydrogen-bond donors (Lipinski definition) is 1. The van der Waals surface area contributed by atoms with Crippen LogP contribution in [0.3, 0.4) is 0 Å². The second-order valence-electron chi connectivity index (χ2n) is 9.97. The van der Waals surface area contributed by atoms with Crippen LogP contribution < -0.4 is 10.2 Å². The molecular weight excluding hydrogens is 404 g/mol. The number of anilines is 1. The molecule has 3 amide bonds. The minimum absolute atomic E-state index is 0.114. The average molecular weight is 439 g/mol. The lowest BCUT2D eigenvalue weighted by Gasteiger charge is -2.37. The molecule has 7 nitrogen and oxygen atoms in total. The Labute approximate surface area is 190 Å². The zero-order chi connectivity index (χ0) is 22.2. The number of hydrogen-bond acceptors (Lipinski definition) is 4. The van der Waals surface area contributed by atoms with E-state index in [1.54, 1.807) is 13.1 Å². The molecule has 1 saturated carbocycles. The highest BCUT2D eigenvalue weighted by Crippen LogP contribution is 2.37. The molecule has 32 heavy (non-hydrogen) atoms. The number of amides is 3. The summed E-state index contributed by atoms with van der Waals surface area (Å²) in [5.74, 6) is 1.71. The zero-order valence-corrected chi connectivity index (χ0v) is 19.0. The minimum Gasteiger partial charge on any atom is -0.355 e. The van der Waals surface area contributed by atoms with Crippen molar-refractivity contribution in [1.29, 1.82) is 0 Å². The smallest absolute Gasteiger partial charge is 0.251 e. The van der Waals surface area contributed by atoms with E-state index in [9.17, 15) is 14.4 Å². The zero-order valence-electron chi connectivity index (χ0n) is 19.0. The van der Waals surface area contributed by atoms with Crippen molar-refractivity contribution in [2.24, 2.45) is 11.8 Å². The quantitative estimate of drug-likeness (QED) is 0.781. The van der Waals surface area contributed by atoms with Gasteiger partial charge >= 0.3 is 0 Å². The number of nitrogens with zero attached hydrogens (tertiary/aromatic N) is 3. The lowest BCUT2D eigenvalue weighted by Crippen LogP contribution is -2.49. The highest BCUT2D eigenvalue weighted by molar-refractivity contribution is 6.03. The van der Waals surface area contributed by atoms with E-state index in [4.69, 9.17) is 0 Å². The largest absolute Gasteiger partial charge is 0.355 e. The maximum absolute atomic E-state index is 12.9. The van der Waals surface area contributed by atoms with Gasteiger partial charge in [0.25, 0.3) is 5.91 Å². The maximum atomic E-state index is 12.9. The van der Waals surface area contributed by atoms with E-state index in [-0.39, 0.29) is 23.8 Å². The molecule has 3 aliphatic heterocycles. The van der Waals surface area contributed by atoms with E-state index in [1.807, 2.05) is 17.0 Å². The first-order valence-electron chi connectivity index (χ1n) is 12.2. The lowest BCUT2D eigenvalue weighted by molar-refractivity contribution is -0.132. The van der Waals surface area contributed by atoms with Crippen LogP contribution in [-0.4, -0.2) is 73.3 Å². The molecule has 4 aliphatic rings. The Hall–Kier alpha value is -2.41. The number of nitrogens with one attached hydrogen (secondary N) is 1. The van der Waals surface area contributed by atoms with Crippen LogP contribution in [0.1, 0.15) is 54.4 Å². The van der Waals surface area contributed by atoms with Crippen molar-refractivity contribution in [3.05, 3.63) is 29.3 Å². The minimum atomic E-state index is -0.131. The number of carbonyl (C=O) groups is 3. The third-order valence-electron chi connectivity index (χ3n) is 8.05. The highest BCUT2D eigenvalue weighted by Gasteiger charge is 2.38. The van der Waals surface area contributed by atoms with Crippen LogP contribution in [-0.2, 0) is 16.0 Å². The highest BCUT2D eigenvalue weighted by atomic mass is 16.2. The van der Waals surface area contributed by atoms with E-state index in [0.717, 1.165) is 62.1 Å². The van der Waals surface area contributed by atoms with Crippen LogP contribution in [0.2, 0.25) is 0 Å². The fourth-order valence-corrected chi connectivity index (χ4v) is 6.27. The Morgan fingerprint density at radius 3 is 2.38 bits per heavy atom. The van der Waals surface area contributed by atoms with Crippen LogP contribution in [0.25, 0.3) is 0 Å². The summed E-state index contributed by atoms with van der Waals surface area (Å²) in [5, 5.41) is 2.64. The van der Waals surface area contributed by atoms with Gasteiger partial charge in [0.15, 0.2) is 0 Å². The third-order valence-corrected chi connectivity index (χ3v) is 8.05. The fourth-order valence-electron chi connectivity index (χ4n) is 6.27. The van der Waals surface area contributed by atoms with E-state index >= 15 is 0 Å². The van der Waals surface area contributed by atoms with Gasteiger partial charge in [0.05, 0.1) is 13.0 Å². The molecule has 2 unspecified atom stereocenters. The van der Waals surface area contributed by atoms with Crippen LogP contribution in [0.4, 0.5) is 5.69 Å². The lowest BCUT2D eigenvalue weighted by atomic mass is 9.82. The molecule has 1 N–H and O–H groups in total.